The van der Waals surface area contributed by atoms with Crippen LogP contribution in [0.1, 0.15) is 29.2 Å². The average molecular weight is 417 g/mol. The molecule has 4 N–H and O–H groups in total. The zero-order valence-electron chi connectivity index (χ0n) is 17.3. The Morgan fingerprint density at radius 1 is 1.13 bits per heavy atom. The Morgan fingerprint density at radius 3 is 2.52 bits per heavy atom. The fraction of sp³-hybridized carbons (Fsp3) is 0.174. The number of hydrogen-bond donors (Lipinski definition) is 3. The highest BCUT2D eigenvalue weighted by Crippen LogP contribution is 2.25. The van der Waals surface area contributed by atoms with Crippen molar-refractivity contribution < 1.29 is 14.7 Å². The number of hydrogen-bond acceptors (Lipinski definition) is 7. The maximum absolute atomic E-state index is 12.8. The molecule has 0 radical (unpaired) electrons. The molecular weight excluding hydrogens is 394 g/mol. The van der Waals surface area contributed by atoms with Crippen LogP contribution < -0.4 is 11.1 Å². The van der Waals surface area contributed by atoms with Crippen molar-refractivity contribution in [1.29, 1.82) is 0 Å². The smallest absolute Gasteiger partial charge is 0.300 e. The predicted octanol–water partition coefficient (Wildman–Crippen LogP) is 3.32. The Bertz CT molecular complexity index is 1140. The Morgan fingerprint density at radius 2 is 1.84 bits per heavy atom. The monoisotopic (exact) mass is 417 g/mol. The van der Waals surface area contributed by atoms with E-state index in [2.05, 4.69) is 20.3 Å². The van der Waals surface area contributed by atoms with Gasteiger partial charge in [-0.1, -0.05) is 35.9 Å². The second-order valence-corrected chi connectivity index (χ2v) is 7.07. The molecule has 1 aliphatic rings. The van der Waals surface area contributed by atoms with Gasteiger partial charge in [-0.05, 0) is 36.2 Å². The number of anilines is 3. The van der Waals surface area contributed by atoms with E-state index in [9.17, 15) is 4.79 Å². The highest BCUT2D eigenvalue weighted by Gasteiger charge is 2.22. The van der Waals surface area contributed by atoms with E-state index in [1.165, 1.54) is 5.56 Å². The molecule has 1 aliphatic heterocycles. The van der Waals surface area contributed by atoms with Crippen LogP contribution in [0, 0.1) is 6.92 Å². The van der Waals surface area contributed by atoms with Gasteiger partial charge in [-0.15, -0.1) is 0 Å². The summed E-state index contributed by atoms with van der Waals surface area (Å²) in [5, 5.41) is 10.6. The summed E-state index contributed by atoms with van der Waals surface area (Å²) in [5.74, 6) is 0.00244. The molecule has 0 fully saturated rings. The van der Waals surface area contributed by atoms with Crippen LogP contribution in [0.15, 0.2) is 59.7 Å². The average Bonchev–Trinajstić information content (AvgIpc) is 3.13. The molecule has 158 valence electrons. The Labute approximate surface area is 179 Å². The number of Topliss-reactive ketones (excluding diaryl/α,β-unsaturated/α-hetero) is 1. The van der Waals surface area contributed by atoms with Crippen molar-refractivity contribution in [3.8, 4) is 0 Å². The van der Waals surface area contributed by atoms with Crippen molar-refractivity contribution in [2.75, 3.05) is 11.1 Å². The number of ketones is 1. The van der Waals surface area contributed by atoms with Crippen molar-refractivity contribution >= 4 is 34.9 Å². The van der Waals surface area contributed by atoms with Gasteiger partial charge in [0, 0.05) is 30.8 Å². The first-order chi connectivity index (χ1) is 14.8. The van der Waals surface area contributed by atoms with Crippen molar-refractivity contribution in [3.05, 3.63) is 77.0 Å². The first-order valence-corrected chi connectivity index (χ1v) is 9.63. The molecule has 0 saturated carbocycles. The summed E-state index contributed by atoms with van der Waals surface area (Å²) in [7, 11) is 0. The summed E-state index contributed by atoms with van der Waals surface area (Å²) < 4.78 is 0. The number of carboxylic acids is 1. The second-order valence-electron chi connectivity index (χ2n) is 7.07. The number of fused-ring (bicyclic) bond motifs is 1. The molecule has 1 aromatic heterocycles. The minimum Gasteiger partial charge on any atom is -0.481 e. The van der Waals surface area contributed by atoms with E-state index in [1.807, 2.05) is 49.4 Å². The van der Waals surface area contributed by atoms with Crippen LogP contribution in [0.3, 0.4) is 0 Å². The van der Waals surface area contributed by atoms with E-state index in [0.29, 0.717) is 24.5 Å². The highest BCUT2D eigenvalue weighted by atomic mass is 16.4. The number of nitrogens with one attached hydrogen (secondary N) is 1. The number of carboxylic acid groups (broad SMARTS) is 1. The molecule has 0 atom stereocenters. The first kappa shape index (κ1) is 21.6. The number of benzene rings is 2. The summed E-state index contributed by atoms with van der Waals surface area (Å²) in [6.45, 7) is 3.65. The summed E-state index contributed by atoms with van der Waals surface area (Å²) in [6, 6.07) is 15.6. The number of nitrogens with zero attached hydrogens (tertiary/aromatic N) is 3. The number of aliphatic imine (C=N–C) groups is 1. The van der Waals surface area contributed by atoms with Crippen molar-refractivity contribution in [2.24, 2.45) is 4.99 Å². The van der Waals surface area contributed by atoms with Crippen LogP contribution >= 0.6 is 0 Å². The maximum Gasteiger partial charge on any atom is 0.300 e. The van der Waals surface area contributed by atoms with Gasteiger partial charge in [-0.2, -0.15) is 4.98 Å². The van der Waals surface area contributed by atoms with Gasteiger partial charge in [0.25, 0.3) is 5.97 Å². The number of rotatable bonds is 5. The van der Waals surface area contributed by atoms with Gasteiger partial charge in [0.2, 0.25) is 5.95 Å². The number of nitrogen functional groups attached to an aromatic ring is 1. The minimum atomic E-state index is -0.833. The van der Waals surface area contributed by atoms with E-state index < -0.39 is 5.97 Å². The molecule has 0 aliphatic carbocycles. The Kier molecular flexibility index (Phi) is 6.71. The zero-order chi connectivity index (χ0) is 22.4. The van der Waals surface area contributed by atoms with Gasteiger partial charge in [-0.25, -0.2) is 4.98 Å². The Hall–Kier alpha value is -4.07. The molecule has 0 amide bonds. The van der Waals surface area contributed by atoms with Gasteiger partial charge in [0.15, 0.2) is 5.78 Å². The number of nitrogens with two attached hydrogens (primary N) is 1. The standard InChI is InChI=1S/C21H19N5O.C2H4O2/c1-13-2-4-14(5-3-13)10-18(27)20-17-11-16(7-6-15(17)12-24-20)25-19-8-9-23-21(22)26-19;1-2(3)4/h2-9,11H,10,12H2,1H3,(H3,22,23,25,26);1H3,(H,3,4). The molecular formula is C23H23N5O3. The van der Waals surface area contributed by atoms with Crippen LogP contribution in [-0.2, 0) is 22.6 Å². The normalized spacial score (nSPS) is 11.6. The van der Waals surface area contributed by atoms with Gasteiger partial charge in [0.05, 0.1) is 6.54 Å². The molecule has 0 unspecified atom stereocenters. The Balaban J connectivity index is 0.000000628. The molecule has 0 bridgehead atoms. The third-order valence-electron chi connectivity index (χ3n) is 4.47. The predicted molar refractivity (Wildman–Crippen MR) is 120 cm³/mol. The third-order valence-corrected chi connectivity index (χ3v) is 4.47. The third kappa shape index (κ3) is 5.96. The lowest BCUT2D eigenvalue weighted by Gasteiger charge is -2.09. The molecule has 8 heteroatoms. The molecule has 0 saturated heterocycles. The van der Waals surface area contributed by atoms with Gasteiger partial charge >= 0.3 is 0 Å². The largest absolute Gasteiger partial charge is 0.481 e. The summed E-state index contributed by atoms with van der Waals surface area (Å²) in [4.78, 5) is 34.3. The molecule has 2 aromatic carbocycles. The molecule has 3 aromatic rings. The maximum atomic E-state index is 12.8. The van der Waals surface area contributed by atoms with Crippen molar-refractivity contribution in [3.63, 3.8) is 0 Å². The summed E-state index contributed by atoms with van der Waals surface area (Å²) >= 11 is 0. The van der Waals surface area contributed by atoms with Crippen LogP contribution in [0.5, 0.6) is 0 Å². The van der Waals surface area contributed by atoms with Crippen LogP contribution in [0.25, 0.3) is 0 Å². The minimum absolute atomic E-state index is 0.0287. The molecule has 31 heavy (non-hydrogen) atoms. The number of carbonyl (C=O) groups is 2. The van der Waals surface area contributed by atoms with E-state index >= 15 is 0 Å². The fourth-order valence-electron chi connectivity index (χ4n) is 3.07. The molecule has 4 rings (SSSR count). The second kappa shape index (κ2) is 9.62. The van der Waals surface area contributed by atoms with Crippen LogP contribution in [0.4, 0.5) is 17.5 Å². The number of aliphatic carboxylic acids is 1. The van der Waals surface area contributed by atoms with Gasteiger partial charge < -0.3 is 16.2 Å². The highest BCUT2D eigenvalue weighted by molar-refractivity contribution is 6.47. The SMILES string of the molecule is CC(=O)O.Cc1ccc(CC(=O)C2=NCc3ccc(Nc4ccnc(N)n4)cc32)cc1. The van der Waals surface area contributed by atoms with E-state index in [-0.39, 0.29) is 11.7 Å². The fourth-order valence-corrected chi connectivity index (χ4v) is 3.07. The lowest BCUT2D eigenvalue weighted by Crippen LogP contribution is -2.16. The molecule has 8 nitrogen and oxygen atoms in total. The van der Waals surface area contributed by atoms with Gasteiger partial charge in [-0.3, -0.25) is 14.6 Å². The summed E-state index contributed by atoms with van der Waals surface area (Å²) in [6.07, 6.45) is 1.94. The van der Waals surface area contributed by atoms with E-state index in [4.69, 9.17) is 15.6 Å². The number of carbonyl (C=O) groups excluding carboxylic acids is 1. The van der Waals surface area contributed by atoms with E-state index in [1.54, 1.807) is 12.3 Å². The zero-order valence-corrected chi connectivity index (χ0v) is 17.3. The lowest BCUT2D eigenvalue weighted by atomic mass is 9.98. The molecule has 2 heterocycles. The first-order valence-electron chi connectivity index (χ1n) is 9.63. The topological polar surface area (TPSA) is 131 Å². The number of aromatic nitrogens is 2. The van der Waals surface area contributed by atoms with Crippen molar-refractivity contribution in [2.45, 2.75) is 26.8 Å². The van der Waals surface area contributed by atoms with Crippen LogP contribution in [0.2, 0.25) is 0 Å². The summed E-state index contributed by atoms with van der Waals surface area (Å²) in [5.41, 5.74) is 11.1. The van der Waals surface area contributed by atoms with Gasteiger partial charge in [0.1, 0.15) is 11.5 Å². The number of aryl methyl sites for hydroxylation is 1. The lowest BCUT2D eigenvalue weighted by molar-refractivity contribution is -0.134. The van der Waals surface area contributed by atoms with Crippen LogP contribution in [-0.4, -0.2) is 32.5 Å². The van der Waals surface area contributed by atoms with E-state index in [0.717, 1.165) is 29.3 Å². The quantitative estimate of drug-likeness (QED) is 0.580. The molecule has 0 spiro atoms. The van der Waals surface area contributed by atoms with Crippen molar-refractivity contribution in [1.82, 2.24) is 9.97 Å².